The Bertz CT molecular complexity index is 508. The van der Waals surface area contributed by atoms with Crippen LogP contribution in [0, 0.1) is 0 Å². The molecule has 0 amide bonds. The first-order valence-electron chi connectivity index (χ1n) is 6.20. The van der Waals surface area contributed by atoms with Crippen molar-refractivity contribution in [2.24, 2.45) is 5.73 Å². The number of hydrogen-bond donors (Lipinski definition) is 1. The quantitative estimate of drug-likeness (QED) is 0.867. The molecule has 0 spiro atoms. The molecule has 1 heterocycles. The number of furan rings is 1. The van der Waals surface area contributed by atoms with E-state index >= 15 is 0 Å². The SMILES string of the molecule is COc1ccc(CC(N)Cc2ccoc2)cc1OC. The first-order chi connectivity index (χ1) is 9.22. The standard InChI is InChI=1S/C15H19NO3/c1-17-14-4-3-11(9-15(14)18-2)7-13(16)8-12-5-6-19-10-12/h3-6,9-10,13H,7-8,16H2,1-2H3. The average molecular weight is 261 g/mol. The molecule has 1 unspecified atom stereocenters. The Labute approximate surface area is 113 Å². The maximum atomic E-state index is 6.15. The van der Waals surface area contributed by atoms with E-state index in [2.05, 4.69) is 0 Å². The Balaban J connectivity index is 2.02. The van der Waals surface area contributed by atoms with E-state index in [-0.39, 0.29) is 6.04 Å². The highest BCUT2D eigenvalue weighted by Crippen LogP contribution is 2.28. The highest BCUT2D eigenvalue weighted by atomic mass is 16.5. The second-order valence-electron chi connectivity index (χ2n) is 4.49. The van der Waals surface area contributed by atoms with Gasteiger partial charge in [0, 0.05) is 6.04 Å². The Kier molecular flexibility index (Phi) is 4.47. The first-order valence-corrected chi connectivity index (χ1v) is 6.20. The number of methoxy groups -OCH3 is 2. The van der Waals surface area contributed by atoms with E-state index in [1.807, 2.05) is 24.3 Å². The lowest BCUT2D eigenvalue weighted by Gasteiger charge is -2.13. The first kappa shape index (κ1) is 13.5. The number of ether oxygens (including phenoxy) is 2. The molecule has 0 saturated carbocycles. The summed E-state index contributed by atoms with van der Waals surface area (Å²) in [6.45, 7) is 0. The highest BCUT2D eigenvalue weighted by molar-refractivity contribution is 5.43. The second-order valence-corrected chi connectivity index (χ2v) is 4.49. The normalized spacial score (nSPS) is 12.2. The fourth-order valence-corrected chi connectivity index (χ4v) is 2.09. The molecule has 0 bridgehead atoms. The second kappa shape index (κ2) is 6.29. The lowest BCUT2D eigenvalue weighted by Crippen LogP contribution is -2.25. The predicted molar refractivity (Wildman–Crippen MR) is 73.6 cm³/mol. The summed E-state index contributed by atoms with van der Waals surface area (Å²) >= 11 is 0. The van der Waals surface area contributed by atoms with Crippen LogP contribution in [-0.2, 0) is 12.8 Å². The van der Waals surface area contributed by atoms with Crippen LogP contribution < -0.4 is 15.2 Å². The fourth-order valence-electron chi connectivity index (χ4n) is 2.09. The summed E-state index contributed by atoms with van der Waals surface area (Å²) in [5.41, 5.74) is 8.40. The van der Waals surface area contributed by atoms with E-state index < -0.39 is 0 Å². The zero-order valence-corrected chi connectivity index (χ0v) is 11.3. The van der Waals surface area contributed by atoms with Crippen LogP contribution in [0.1, 0.15) is 11.1 Å². The minimum Gasteiger partial charge on any atom is -0.493 e. The van der Waals surface area contributed by atoms with Crippen LogP contribution in [-0.4, -0.2) is 20.3 Å². The van der Waals surface area contributed by atoms with Crippen molar-refractivity contribution in [3.63, 3.8) is 0 Å². The summed E-state index contributed by atoms with van der Waals surface area (Å²) in [6.07, 6.45) is 4.98. The van der Waals surface area contributed by atoms with E-state index in [4.69, 9.17) is 19.6 Å². The third-order valence-corrected chi connectivity index (χ3v) is 3.02. The molecule has 102 valence electrons. The largest absolute Gasteiger partial charge is 0.493 e. The van der Waals surface area contributed by atoms with E-state index in [0.717, 1.165) is 35.5 Å². The highest BCUT2D eigenvalue weighted by Gasteiger charge is 2.09. The lowest BCUT2D eigenvalue weighted by atomic mass is 10.0. The summed E-state index contributed by atoms with van der Waals surface area (Å²) < 4.78 is 15.5. The number of rotatable bonds is 6. The van der Waals surface area contributed by atoms with Crippen LogP contribution >= 0.6 is 0 Å². The van der Waals surface area contributed by atoms with Gasteiger partial charge in [0.1, 0.15) is 0 Å². The van der Waals surface area contributed by atoms with E-state index in [9.17, 15) is 0 Å². The number of nitrogens with two attached hydrogens (primary N) is 1. The molecule has 1 atom stereocenters. The Hall–Kier alpha value is -1.94. The van der Waals surface area contributed by atoms with Gasteiger partial charge in [0.05, 0.1) is 26.7 Å². The number of hydrogen-bond acceptors (Lipinski definition) is 4. The zero-order valence-electron chi connectivity index (χ0n) is 11.3. The molecule has 4 heteroatoms. The van der Waals surface area contributed by atoms with Gasteiger partial charge in [0.25, 0.3) is 0 Å². The summed E-state index contributed by atoms with van der Waals surface area (Å²) in [6, 6.07) is 7.87. The van der Waals surface area contributed by atoms with Crippen molar-refractivity contribution >= 4 is 0 Å². The van der Waals surface area contributed by atoms with Crippen LogP contribution in [0.5, 0.6) is 11.5 Å². The zero-order chi connectivity index (χ0) is 13.7. The van der Waals surface area contributed by atoms with Crippen molar-refractivity contribution in [2.75, 3.05) is 14.2 Å². The maximum Gasteiger partial charge on any atom is 0.160 e. The molecule has 1 aromatic carbocycles. The van der Waals surface area contributed by atoms with Crippen LogP contribution in [0.3, 0.4) is 0 Å². The molecule has 0 aliphatic heterocycles. The maximum absolute atomic E-state index is 6.15. The molecule has 2 rings (SSSR count). The van der Waals surface area contributed by atoms with Crippen LogP contribution in [0.4, 0.5) is 0 Å². The lowest BCUT2D eigenvalue weighted by molar-refractivity contribution is 0.354. The smallest absolute Gasteiger partial charge is 0.160 e. The monoisotopic (exact) mass is 261 g/mol. The summed E-state index contributed by atoms with van der Waals surface area (Å²) in [7, 11) is 3.26. The van der Waals surface area contributed by atoms with Crippen molar-refractivity contribution in [2.45, 2.75) is 18.9 Å². The predicted octanol–water partition coefficient (Wildman–Crippen LogP) is 2.41. The third-order valence-electron chi connectivity index (χ3n) is 3.02. The topological polar surface area (TPSA) is 57.6 Å². The molecular formula is C15H19NO3. The minimum absolute atomic E-state index is 0.0516. The Morgan fingerprint density at radius 1 is 1.05 bits per heavy atom. The van der Waals surface area contributed by atoms with Gasteiger partial charge in [0.2, 0.25) is 0 Å². The van der Waals surface area contributed by atoms with Gasteiger partial charge < -0.3 is 19.6 Å². The molecule has 0 aliphatic rings. The molecular weight excluding hydrogens is 242 g/mol. The van der Waals surface area contributed by atoms with Crippen LogP contribution in [0.25, 0.3) is 0 Å². The summed E-state index contributed by atoms with van der Waals surface area (Å²) in [5, 5.41) is 0. The average Bonchev–Trinajstić information content (AvgIpc) is 2.91. The molecule has 0 saturated heterocycles. The Morgan fingerprint density at radius 2 is 1.79 bits per heavy atom. The van der Waals surface area contributed by atoms with Crippen molar-refractivity contribution in [1.29, 1.82) is 0 Å². The van der Waals surface area contributed by atoms with Gasteiger partial charge in [-0.05, 0) is 42.2 Å². The van der Waals surface area contributed by atoms with Gasteiger partial charge in [-0.2, -0.15) is 0 Å². The van der Waals surface area contributed by atoms with E-state index in [0.29, 0.717) is 0 Å². The minimum atomic E-state index is 0.0516. The molecule has 0 radical (unpaired) electrons. The molecule has 0 fully saturated rings. The number of benzene rings is 1. The van der Waals surface area contributed by atoms with Gasteiger partial charge in [-0.25, -0.2) is 0 Å². The molecule has 2 aromatic rings. The van der Waals surface area contributed by atoms with Crippen molar-refractivity contribution in [1.82, 2.24) is 0 Å². The molecule has 2 N–H and O–H groups in total. The van der Waals surface area contributed by atoms with Gasteiger partial charge in [0.15, 0.2) is 11.5 Å². The Morgan fingerprint density at radius 3 is 2.42 bits per heavy atom. The summed E-state index contributed by atoms with van der Waals surface area (Å²) in [5.74, 6) is 1.46. The molecule has 0 aliphatic carbocycles. The van der Waals surface area contributed by atoms with Crippen molar-refractivity contribution < 1.29 is 13.9 Å². The van der Waals surface area contributed by atoms with E-state index in [1.54, 1.807) is 26.7 Å². The van der Waals surface area contributed by atoms with Crippen molar-refractivity contribution in [3.05, 3.63) is 47.9 Å². The fraction of sp³-hybridized carbons (Fsp3) is 0.333. The van der Waals surface area contributed by atoms with E-state index in [1.165, 1.54) is 0 Å². The summed E-state index contributed by atoms with van der Waals surface area (Å²) in [4.78, 5) is 0. The van der Waals surface area contributed by atoms with Crippen molar-refractivity contribution in [3.8, 4) is 11.5 Å². The van der Waals surface area contributed by atoms with Gasteiger partial charge in [-0.3, -0.25) is 0 Å². The molecule has 4 nitrogen and oxygen atoms in total. The van der Waals surface area contributed by atoms with Gasteiger partial charge >= 0.3 is 0 Å². The molecule has 1 aromatic heterocycles. The van der Waals surface area contributed by atoms with Crippen LogP contribution in [0.2, 0.25) is 0 Å². The molecule has 19 heavy (non-hydrogen) atoms. The van der Waals surface area contributed by atoms with Gasteiger partial charge in [-0.15, -0.1) is 0 Å². The third kappa shape index (κ3) is 3.51. The van der Waals surface area contributed by atoms with Gasteiger partial charge in [-0.1, -0.05) is 6.07 Å². The van der Waals surface area contributed by atoms with Crippen LogP contribution in [0.15, 0.2) is 41.2 Å².